The molecular weight excluding hydrogens is 250 g/mol. The van der Waals surface area contributed by atoms with E-state index in [1.54, 1.807) is 0 Å². The Morgan fingerprint density at radius 1 is 1.15 bits per heavy atom. The maximum absolute atomic E-state index is 11.9. The van der Waals surface area contributed by atoms with Gasteiger partial charge in [0.25, 0.3) is 0 Å². The highest BCUT2D eigenvalue weighted by Gasteiger charge is 2.29. The van der Waals surface area contributed by atoms with Crippen molar-refractivity contribution in [3.8, 4) is 0 Å². The highest BCUT2D eigenvalue weighted by atomic mass is 16.5. The molecule has 0 heterocycles. The Morgan fingerprint density at radius 3 is 2.70 bits per heavy atom. The van der Waals surface area contributed by atoms with Crippen molar-refractivity contribution in [2.24, 2.45) is 17.8 Å². The van der Waals surface area contributed by atoms with E-state index >= 15 is 0 Å². The molecule has 3 heteroatoms. The summed E-state index contributed by atoms with van der Waals surface area (Å²) in [7, 11) is 0. The highest BCUT2D eigenvalue weighted by molar-refractivity contribution is 5.72. The Morgan fingerprint density at radius 2 is 1.95 bits per heavy atom. The first-order chi connectivity index (χ1) is 9.70. The maximum atomic E-state index is 11.9. The lowest BCUT2D eigenvalue weighted by Crippen LogP contribution is -2.40. The van der Waals surface area contributed by atoms with Gasteiger partial charge in [0.05, 0.1) is 12.5 Å². The largest absolute Gasteiger partial charge is 0.466 e. The van der Waals surface area contributed by atoms with Crippen LogP contribution in [0.1, 0.15) is 65.2 Å². The van der Waals surface area contributed by atoms with Crippen molar-refractivity contribution >= 4 is 5.97 Å². The van der Waals surface area contributed by atoms with E-state index < -0.39 is 0 Å². The maximum Gasteiger partial charge on any atom is 0.308 e. The van der Waals surface area contributed by atoms with Crippen molar-refractivity contribution in [2.45, 2.75) is 71.3 Å². The smallest absolute Gasteiger partial charge is 0.308 e. The van der Waals surface area contributed by atoms with Gasteiger partial charge in [0.1, 0.15) is 0 Å². The average Bonchev–Trinajstić information content (AvgIpc) is 2.47. The molecule has 0 aromatic heterocycles. The quantitative estimate of drug-likeness (QED) is 0.784. The van der Waals surface area contributed by atoms with Crippen molar-refractivity contribution in [3.63, 3.8) is 0 Å². The van der Waals surface area contributed by atoms with Crippen LogP contribution in [0.15, 0.2) is 0 Å². The number of hydrogen-bond donors (Lipinski definition) is 1. The van der Waals surface area contributed by atoms with Crippen molar-refractivity contribution in [2.75, 3.05) is 13.2 Å². The molecule has 4 atom stereocenters. The summed E-state index contributed by atoms with van der Waals surface area (Å²) in [5.41, 5.74) is 0. The molecule has 0 aliphatic heterocycles. The summed E-state index contributed by atoms with van der Waals surface area (Å²) in [5, 5.41) is 3.74. The average molecular weight is 281 g/mol. The van der Waals surface area contributed by atoms with Gasteiger partial charge in [-0.1, -0.05) is 32.6 Å². The van der Waals surface area contributed by atoms with Gasteiger partial charge in [0, 0.05) is 6.04 Å². The van der Waals surface area contributed by atoms with E-state index in [4.69, 9.17) is 4.74 Å². The zero-order valence-corrected chi connectivity index (χ0v) is 13.2. The van der Waals surface area contributed by atoms with Gasteiger partial charge in [-0.15, -0.1) is 0 Å². The fraction of sp³-hybridized carbons (Fsp3) is 0.941. The first-order valence-corrected chi connectivity index (χ1v) is 8.60. The molecule has 116 valence electrons. The third-order valence-corrected chi connectivity index (χ3v) is 5.25. The molecule has 3 nitrogen and oxygen atoms in total. The molecular formula is C17H31NO2. The van der Waals surface area contributed by atoms with E-state index in [-0.39, 0.29) is 11.9 Å². The second-order valence-electron chi connectivity index (χ2n) is 6.74. The minimum atomic E-state index is 0.0186. The molecule has 0 amide bonds. The fourth-order valence-corrected chi connectivity index (χ4v) is 3.86. The number of carbonyl (C=O) groups is 1. The lowest BCUT2D eigenvalue weighted by atomic mass is 9.79. The second kappa shape index (κ2) is 8.02. The van der Waals surface area contributed by atoms with Crippen molar-refractivity contribution in [1.29, 1.82) is 0 Å². The molecule has 0 bridgehead atoms. The van der Waals surface area contributed by atoms with Crippen LogP contribution in [-0.2, 0) is 9.53 Å². The Balaban J connectivity index is 1.73. The summed E-state index contributed by atoms with van der Waals surface area (Å²) in [4.78, 5) is 11.9. The van der Waals surface area contributed by atoms with Gasteiger partial charge in [-0.2, -0.15) is 0 Å². The van der Waals surface area contributed by atoms with Crippen LogP contribution in [0.5, 0.6) is 0 Å². The first kappa shape index (κ1) is 15.8. The van der Waals surface area contributed by atoms with Gasteiger partial charge >= 0.3 is 5.97 Å². The predicted molar refractivity (Wildman–Crippen MR) is 81.5 cm³/mol. The number of hydrogen-bond acceptors (Lipinski definition) is 3. The molecule has 0 saturated heterocycles. The molecule has 0 radical (unpaired) electrons. The van der Waals surface area contributed by atoms with E-state index in [0.29, 0.717) is 12.6 Å². The molecule has 2 aliphatic carbocycles. The number of ether oxygens (including phenoxy) is 1. The van der Waals surface area contributed by atoms with Gasteiger partial charge in [-0.3, -0.25) is 4.79 Å². The normalized spacial score (nSPS) is 34.7. The summed E-state index contributed by atoms with van der Waals surface area (Å²) < 4.78 is 5.17. The van der Waals surface area contributed by atoms with E-state index in [0.717, 1.165) is 37.6 Å². The topological polar surface area (TPSA) is 38.3 Å². The molecule has 2 aliphatic rings. The van der Waals surface area contributed by atoms with Crippen LogP contribution in [0.4, 0.5) is 0 Å². The van der Waals surface area contributed by atoms with Crippen molar-refractivity contribution in [1.82, 2.24) is 5.32 Å². The van der Waals surface area contributed by atoms with Crippen LogP contribution in [0.3, 0.4) is 0 Å². The van der Waals surface area contributed by atoms with Crippen molar-refractivity contribution < 1.29 is 9.53 Å². The minimum Gasteiger partial charge on any atom is -0.466 e. The van der Waals surface area contributed by atoms with E-state index in [1.807, 2.05) is 6.92 Å². The molecule has 2 saturated carbocycles. The standard InChI is InChI=1S/C17H31NO2/c1-3-20-17(19)14-9-6-10-16(11-14)18-12-15-8-5-4-7-13(15)2/h13-16,18H,3-12H2,1-2H3. The van der Waals surface area contributed by atoms with Crippen molar-refractivity contribution in [3.05, 3.63) is 0 Å². The van der Waals surface area contributed by atoms with Gasteiger partial charge in [-0.05, 0) is 51.0 Å². The van der Waals surface area contributed by atoms with Crippen LogP contribution in [0.25, 0.3) is 0 Å². The van der Waals surface area contributed by atoms with E-state index in [1.165, 1.54) is 32.1 Å². The second-order valence-corrected chi connectivity index (χ2v) is 6.74. The lowest BCUT2D eigenvalue weighted by molar-refractivity contribution is -0.149. The third kappa shape index (κ3) is 4.47. The fourth-order valence-electron chi connectivity index (χ4n) is 3.86. The molecule has 0 aromatic carbocycles. The van der Waals surface area contributed by atoms with Gasteiger partial charge in [0.15, 0.2) is 0 Å². The zero-order chi connectivity index (χ0) is 14.4. The summed E-state index contributed by atoms with van der Waals surface area (Å²) >= 11 is 0. The summed E-state index contributed by atoms with van der Waals surface area (Å²) in [6.45, 7) is 5.93. The van der Waals surface area contributed by atoms with Crippen LogP contribution >= 0.6 is 0 Å². The number of rotatable bonds is 5. The monoisotopic (exact) mass is 281 g/mol. The predicted octanol–water partition coefficient (Wildman–Crippen LogP) is 3.52. The zero-order valence-electron chi connectivity index (χ0n) is 13.2. The molecule has 20 heavy (non-hydrogen) atoms. The molecule has 0 spiro atoms. The molecule has 0 aromatic rings. The van der Waals surface area contributed by atoms with Crippen LogP contribution in [0, 0.1) is 17.8 Å². The first-order valence-electron chi connectivity index (χ1n) is 8.60. The Labute approximate surface area is 123 Å². The number of carbonyl (C=O) groups excluding carboxylic acids is 1. The lowest BCUT2D eigenvalue weighted by Gasteiger charge is -2.33. The Bertz CT molecular complexity index is 305. The molecule has 2 rings (SSSR count). The van der Waals surface area contributed by atoms with Crippen LogP contribution in [-0.4, -0.2) is 25.2 Å². The summed E-state index contributed by atoms with van der Waals surface area (Å²) in [6.07, 6.45) is 9.93. The van der Waals surface area contributed by atoms with Crippen LogP contribution < -0.4 is 5.32 Å². The van der Waals surface area contributed by atoms with Gasteiger partial charge in [-0.25, -0.2) is 0 Å². The number of esters is 1. The highest BCUT2D eigenvalue weighted by Crippen LogP contribution is 2.30. The van der Waals surface area contributed by atoms with E-state index in [2.05, 4.69) is 12.2 Å². The minimum absolute atomic E-state index is 0.0186. The Hall–Kier alpha value is -0.570. The number of nitrogens with one attached hydrogen (secondary N) is 1. The molecule has 4 unspecified atom stereocenters. The SMILES string of the molecule is CCOC(=O)C1CCCC(NCC2CCCCC2C)C1. The Kier molecular flexibility index (Phi) is 6.34. The molecule has 1 N–H and O–H groups in total. The molecule has 2 fully saturated rings. The van der Waals surface area contributed by atoms with Gasteiger partial charge < -0.3 is 10.1 Å². The summed E-state index contributed by atoms with van der Waals surface area (Å²) in [6, 6.07) is 0.521. The van der Waals surface area contributed by atoms with E-state index in [9.17, 15) is 4.79 Å². The van der Waals surface area contributed by atoms with Gasteiger partial charge in [0.2, 0.25) is 0 Å². The third-order valence-electron chi connectivity index (χ3n) is 5.25. The summed E-state index contributed by atoms with van der Waals surface area (Å²) in [5.74, 6) is 1.85. The van der Waals surface area contributed by atoms with Crippen LogP contribution in [0.2, 0.25) is 0 Å².